The average molecular weight is 201 g/mol. The second-order valence-corrected chi connectivity index (χ2v) is 3.17. The molecule has 72 valence electrons. The van der Waals surface area contributed by atoms with Crippen LogP contribution in [0.3, 0.4) is 0 Å². The van der Waals surface area contributed by atoms with Crippen molar-refractivity contribution in [3.05, 3.63) is 28.8 Å². The van der Waals surface area contributed by atoms with Crippen LogP contribution in [0.15, 0.2) is 18.2 Å². The smallest absolute Gasteiger partial charge is 0.120 e. The zero-order valence-electron chi connectivity index (χ0n) is 7.26. The molecular weight excluding hydrogens is 188 g/mol. The van der Waals surface area contributed by atoms with E-state index in [1.54, 1.807) is 18.2 Å². The van der Waals surface area contributed by atoms with E-state index >= 15 is 0 Å². The summed E-state index contributed by atoms with van der Waals surface area (Å²) in [6, 6.07) is 4.98. The van der Waals surface area contributed by atoms with Crippen LogP contribution in [0.25, 0.3) is 0 Å². The van der Waals surface area contributed by atoms with E-state index in [-0.39, 0.29) is 5.75 Å². The molecule has 3 nitrogen and oxygen atoms in total. The Labute approximate surface area is 82.5 Å². The summed E-state index contributed by atoms with van der Waals surface area (Å²) in [5.74, 6) is 0.258. The SMILES string of the molecule is NCCNCc1cc(Cl)ccc1O. The maximum atomic E-state index is 9.40. The van der Waals surface area contributed by atoms with Crippen LogP contribution in [0.5, 0.6) is 5.75 Å². The van der Waals surface area contributed by atoms with Gasteiger partial charge in [0, 0.05) is 30.2 Å². The van der Waals surface area contributed by atoms with E-state index in [4.69, 9.17) is 17.3 Å². The lowest BCUT2D eigenvalue weighted by Crippen LogP contribution is -2.21. The minimum Gasteiger partial charge on any atom is -0.508 e. The summed E-state index contributed by atoms with van der Waals surface area (Å²) in [5.41, 5.74) is 6.10. The molecule has 1 rings (SSSR count). The number of phenols is 1. The monoisotopic (exact) mass is 200 g/mol. The van der Waals surface area contributed by atoms with E-state index < -0.39 is 0 Å². The molecule has 0 aliphatic rings. The van der Waals surface area contributed by atoms with Crippen molar-refractivity contribution in [2.24, 2.45) is 5.73 Å². The van der Waals surface area contributed by atoms with Crippen LogP contribution in [0.1, 0.15) is 5.56 Å². The second-order valence-electron chi connectivity index (χ2n) is 2.74. The molecule has 0 heterocycles. The van der Waals surface area contributed by atoms with Gasteiger partial charge in [-0.2, -0.15) is 0 Å². The Bertz CT molecular complexity index is 278. The van der Waals surface area contributed by atoms with Crippen molar-refractivity contribution in [2.75, 3.05) is 13.1 Å². The van der Waals surface area contributed by atoms with Crippen LogP contribution in [-0.2, 0) is 6.54 Å². The fraction of sp³-hybridized carbons (Fsp3) is 0.333. The molecule has 0 saturated heterocycles. The van der Waals surface area contributed by atoms with E-state index in [0.29, 0.717) is 18.1 Å². The Balaban J connectivity index is 2.59. The maximum Gasteiger partial charge on any atom is 0.120 e. The first kappa shape index (κ1) is 10.3. The molecule has 0 aliphatic heterocycles. The zero-order chi connectivity index (χ0) is 9.68. The van der Waals surface area contributed by atoms with E-state index in [0.717, 1.165) is 12.1 Å². The van der Waals surface area contributed by atoms with Crippen molar-refractivity contribution in [1.82, 2.24) is 5.32 Å². The quantitative estimate of drug-likeness (QED) is 0.638. The molecule has 0 fully saturated rings. The highest BCUT2D eigenvalue weighted by Gasteiger charge is 2.00. The molecular formula is C9H13ClN2O. The van der Waals surface area contributed by atoms with Gasteiger partial charge in [0.1, 0.15) is 5.75 Å². The summed E-state index contributed by atoms with van der Waals surface area (Å²) in [5, 5.41) is 13.1. The lowest BCUT2D eigenvalue weighted by molar-refractivity contribution is 0.465. The van der Waals surface area contributed by atoms with Crippen molar-refractivity contribution in [2.45, 2.75) is 6.54 Å². The molecule has 1 aromatic rings. The summed E-state index contributed by atoms with van der Waals surface area (Å²) in [6.45, 7) is 1.90. The molecule has 13 heavy (non-hydrogen) atoms. The van der Waals surface area contributed by atoms with Crippen LogP contribution in [0.4, 0.5) is 0 Å². The van der Waals surface area contributed by atoms with Crippen LogP contribution >= 0.6 is 11.6 Å². The van der Waals surface area contributed by atoms with Crippen LogP contribution < -0.4 is 11.1 Å². The fourth-order valence-corrected chi connectivity index (χ4v) is 1.22. The number of phenolic OH excluding ortho intramolecular Hbond substituents is 1. The highest BCUT2D eigenvalue weighted by molar-refractivity contribution is 6.30. The van der Waals surface area contributed by atoms with E-state index in [1.165, 1.54) is 0 Å². The number of benzene rings is 1. The lowest BCUT2D eigenvalue weighted by Gasteiger charge is -2.05. The Kier molecular flexibility index (Phi) is 4.02. The molecule has 0 saturated carbocycles. The van der Waals surface area contributed by atoms with Crippen molar-refractivity contribution >= 4 is 11.6 Å². The highest BCUT2D eigenvalue weighted by Crippen LogP contribution is 2.20. The molecule has 0 unspecified atom stereocenters. The van der Waals surface area contributed by atoms with E-state index in [9.17, 15) is 5.11 Å². The molecule has 1 aromatic carbocycles. The third-order valence-corrected chi connectivity index (χ3v) is 1.91. The standard InChI is InChI=1S/C9H13ClN2O/c10-8-1-2-9(13)7(5-8)6-12-4-3-11/h1-2,5,12-13H,3-4,6,11H2. The third-order valence-electron chi connectivity index (χ3n) is 1.68. The average Bonchev–Trinajstić information content (AvgIpc) is 2.11. The number of halogens is 1. The zero-order valence-corrected chi connectivity index (χ0v) is 8.01. The number of nitrogens with one attached hydrogen (secondary N) is 1. The van der Waals surface area contributed by atoms with Gasteiger partial charge in [-0.3, -0.25) is 0 Å². The third kappa shape index (κ3) is 3.22. The molecule has 4 N–H and O–H groups in total. The Hall–Kier alpha value is -0.770. The van der Waals surface area contributed by atoms with Crippen LogP contribution in [-0.4, -0.2) is 18.2 Å². The molecule has 0 spiro atoms. The summed E-state index contributed by atoms with van der Waals surface area (Å²) < 4.78 is 0. The normalized spacial score (nSPS) is 10.3. The number of hydrogen-bond acceptors (Lipinski definition) is 3. The summed E-state index contributed by atoms with van der Waals surface area (Å²) >= 11 is 5.77. The molecule has 0 radical (unpaired) electrons. The second kappa shape index (κ2) is 5.07. The highest BCUT2D eigenvalue weighted by atomic mass is 35.5. The van der Waals surface area contributed by atoms with Gasteiger partial charge in [-0.1, -0.05) is 11.6 Å². The Morgan fingerprint density at radius 2 is 2.23 bits per heavy atom. The van der Waals surface area contributed by atoms with Gasteiger partial charge < -0.3 is 16.2 Å². The van der Waals surface area contributed by atoms with Gasteiger partial charge in [-0.25, -0.2) is 0 Å². The number of hydrogen-bond donors (Lipinski definition) is 3. The van der Waals surface area contributed by atoms with Crippen LogP contribution in [0.2, 0.25) is 5.02 Å². The van der Waals surface area contributed by atoms with Gasteiger partial charge in [-0.05, 0) is 18.2 Å². The van der Waals surface area contributed by atoms with Crippen molar-refractivity contribution < 1.29 is 5.11 Å². The predicted octanol–water partition coefficient (Wildman–Crippen LogP) is 1.09. The number of aromatic hydroxyl groups is 1. The first-order valence-electron chi connectivity index (χ1n) is 4.12. The van der Waals surface area contributed by atoms with Crippen molar-refractivity contribution in [3.8, 4) is 5.75 Å². The van der Waals surface area contributed by atoms with Gasteiger partial charge in [0.25, 0.3) is 0 Å². The first-order valence-corrected chi connectivity index (χ1v) is 4.50. The lowest BCUT2D eigenvalue weighted by atomic mass is 10.2. The number of rotatable bonds is 4. The summed E-state index contributed by atoms with van der Waals surface area (Å²) in [7, 11) is 0. The molecule has 0 bridgehead atoms. The van der Waals surface area contributed by atoms with Gasteiger partial charge >= 0.3 is 0 Å². The molecule has 0 atom stereocenters. The van der Waals surface area contributed by atoms with E-state index in [1.807, 2.05) is 0 Å². The summed E-state index contributed by atoms with van der Waals surface area (Å²) in [6.07, 6.45) is 0. The minimum absolute atomic E-state index is 0.258. The number of nitrogens with two attached hydrogens (primary N) is 1. The van der Waals surface area contributed by atoms with Gasteiger partial charge in [0.15, 0.2) is 0 Å². The van der Waals surface area contributed by atoms with Crippen molar-refractivity contribution in [3.63, 3.8) is 0 Å². The molecule has 0 aliphatic carbocycles. The fourth-order valence-electron chi connectivity index (χ4n) is 1.02. The minimum atomic E-state index is 0.258. The maximum absolute atomic E-state index is 9.40. The van der Waals surface area contributed by atoms with Gasteiger partial charge in [0.05, 0.1) is 0 Å². The topological polar surface area (TPSA) is 58.3 Å². The Morgan fingerprint density at radius 3 is 2.92 bits per heavy atom. The van der Waals surface area contributed by atoms with Gasteiger partial charge in [0.2, 0.25) is 0 Å². The van der Waals surface area contributed by atoms with Crippen molar-refractivity contribution in [1.29, 1.82) is 0 Å². The van der Waals surface area contributed by atoms with E-state index in [2.05, 4.69) is 5.32 Å². The Morgan fingerprint density at radius 1 is 1.46 bits per heavy atom. The predicted molar refractivity (Wildman–Crippen MR) is 53.9 cm³/mol. The molecule has 4 heteroatoms. The first-order chi connectivity index (χ1) is 6.24. The molecule has 0 aromatic heterocycles. The molecule has 0 amide bonds. The van der Waals surface area contributed by atoms with Crippen LogP contribution in [0, 0.1) is 0 Å². The largest absolute Gasteiger partial charge is 0.508 e. The summed E-state index contributed by atoms with van der Waals surface area (Å²) in [4.78, 5) is 0. The van der Waals surface area contributed by atoms with Gasteiger partial charge in [-0.15, -0.1) is 0 Å².